The van der Waals surface area contributed by atoms with Gasteiger partial charge in [-0.05, 0) is 23.7 Å². The standard InChI is InChI=1S/C6H8NPS2/c9-8-10-7-6-4-2-1-3-5-6/h1-5,7H,8H2. The first-order valence-corrected chi connectivity index (χ1v) is 7.02. The molecule has 0 saturated carbocycles. The highest BCUT2D eigenvalue weighted by Crippen LogP contribution is 2.20. The van der Waals surface area contributed by atoms with Gasteiger partial charge in [-0.3, -0.25) is 0 Å². The lowest BCUT2D eigenvalue weighted by atomic mass is 10.3. The lowest BCUT2D eigenvalue weighted by Crippen LogP contribution is -1.78. The second kappa shape index (κ2) is 4.78. The first kappa shape index (κ1) is 8.12. The summed E-state index contributed by atoms with van der Waals surface area (Å²) < 4.78 is 3.14. The van der Waals surface area contributed by atoms with Crippen molar-refractivity contribution < 1.29 is 0 Å². The molecular formula is C6H8NPS2. The Morgan fingerprint density at radius 1 is 1.30 bits per heavy atom. The predicted molar refractivity (Wildman–Crippen MR) is 54.7 cm³/mol. The molecule has 0 fully saturated rings. The highest BCUT2D eigenvalue weighted by atomic mass is 32.9. The highest BCUT2D eigenvalue weighted by molar-refractivity contribution is 8.58. The molecule has 1 rings (SSSR count). The summed E-state index contributed by atoms with van der Waals surface area (Å²) in [6.07, 6.45) is 0. The van der Waals surface area contributed by atoms with Gasteiger partial charge in [0.25, 0.3) is 0 Å². The average molecular weight is 189 g/mol. The number of rotatable bonds is 3. The van der Waals surface area contributed by atoms with Crippen LogP contribution in [0.4, 0.5) is 5.69 Å². The van der Waals surface area contributed by atoms with Crippen LogP contribution in [-0.4, -0.2) is 0 Å². The molecule has 0 spiro atoms. The maximum absolute atomic E-state index is 4.83. The van der Waals surface area contributed by atoms with Gasteiger partial charge in [-0.15, -0.1) is 0 Å². The Morgan fingerprint density at radius 2 is 2.00 bits per heavy atom. The van der Waals surface area contributed by atoms with Crippen LogP contribution in [0.25, 0.3) is 0 Å². The van der Waals surface area contributed by atoms with Gasteiger partial charge in [-0.25, -0.2) is 0 Å². The van der Waals surface area contributed by atoms with Gasteiger partial charge in [0.15, 0.2) is 0 Å². The van der Waals surface area contributed by atoms with Gasteiger partial charge in [-0.2, -0.15) is 0 Å². The molecule has 0 aliphatic rings. The van der Waals surface area contributed by atoms with Crippen LogP contribution in [0.1, 0.15) is 0 Å². The smallest absolute Gasteiger partial charge is 0.0443 e. The molecule has 1 atom stereocenters. The number of anilines is 1. The zero-order valence-electron chi connectivity index (χ0n) is 5.28. The minimum Gasteiger partial charge on any atom is -0.326 e. The number of benzene rings is 1. The van der Waals surface area contributed by atoms with Gasteiger partial charge >= 0.3 is 0 Å². The van der Waals surface area contributed by atoms with Crippen molar-refractivity contribution in [2.45, 2.75) is 0 Å². The molecule has 4 heteroatoms. The van der Waals surface area contributed by atoms with Crippen LogP contribution < -0.4 is 4.72 Å². The normalized spacial score (nSPS) is 10.4. The molecule has 1 nitrogen and oxygen atoms in total. The van der Waals surface area contributed by atoms with E-state index in [0.717, 1.165) is 5.69 Å². The van der Waals surface area contributed by atoms with Gasteiger partial charge in [0.05, 0.1) is 0 Å². The summed E-state index contributed by atoms with van der Waals surface area (Å²) in [7, 11) is 0. The third-order valence-corrected chi connectivity index (χ3v) is 2.96. The second-order valence-corrected chi connectivity index (χ2v) is 5.33. The molecule has 1 aromatic rings. The number of hydrogen-bond donors (Lipinski definition) is 1. The minimum atomic E-state index is 0.0656. The van der Waals surface area contributed by atoms with Crippen molar-refractivity contribution >= 4 is 35.6 Å². The fourth-order valence-electron chi connectivity index (χ4n) is 0.598. The summed E-state index contributed by atoms with van der Waals surface area (Å²) in [6.45, 7) is 0.0656. The van der Waals surface area contributed by atoms with E-state index in [9.17, 15) is 0 Å². The molecular weight excluding hydrogens is 181 g/mol. The van der Waals surface area contributed by atoms with Crippen LogP contribution in [-0.2, 0) is 11.8 Å². The molecule has 0 aromatic heterocycles. The van der Waals surface area contributed by atoms with E-state index in [-0.39, 0.29) is 6.56 Å². The van der Waals surface area contributed by atoms with E-state index < -0.39 is 0 Å². The van der Waals surface area contributed by atoms with E-state index in [2.05, 4.69) is 4.72 Å². The first-order valence-electron chi connectivity index (χ1n) is 2.84. The molecule has 0 aliphatic heterocycles. The number of nitrogens with one attached hydrogen (secondary N) is 1. The van der Waals surface area contributed by atoms with Gasteiger partial charge in [0.2, 0.25) is 0 Å². The van der Waals surface area contributed by atoms with Crippen LogP contribution in [0, 0.1) is 0 Å². The lowest BCUT2D eigenvalue weighted by molar-refractivity contribution is 1.69. The largest absolute Gasteiger partial charge is 0.326 e. The molecule has 0 amide bonds. The Labute approximate surface area is 70.9 Å². The van der Waals surface area contributed by atoms with Crippen LogP contribution in [0.5, 0.6) is 0 Å². The highest BCUT2D eigenvalue weighted by Gasteiger charge is 1.83. The molecule has 0 heterocycles. The molecule has 0 saturated heterocycles. The molecule has 1 aromatic carbocycles. The fourth-order valence-corrected chi connectivity index (χ4v) is 1.90. The third-order valence-electron chi connectivity index (χ3n) is 0.999. The predicted octanol–water partition coefficient (Wildman–Crippen LogP) is 2.53. The Bertz CT molecular complexity index is 202. The SMILES string of the molecule is S=[PH2]SNc1ccccc1. The Balaban J connectivity index is 2.50. The van der Waals surface area contributed by atoms with Crippen molar-refractivity contribution in [3.63, 3.8) is 0 Å². The fraction of sp³-hybridized carbons (Fsp3) is 0. The molecule has 0 radical (unpaired) electrons. The monoisotopic (exact) mass is 189 g/mol. The van der Waals surface area contributed by atoms with Crippen LogP contribution in [0.3, 0.4) is 0 Å². The summed E-state index contributed by atoms with van der Waals surface area (Å²) >= 11 is 6.44. The molecule has 0 bridgehead atoms. The molecule has 0 aliphatic carbocycles. The van der Waals surface area contributed by atoms with Crippen molar-refractivity contribution in [1.29, 1.82) is 0 Å². The quantitative estimate of drug-likeness (QED) is 0.579. The Hall–Kier alpha value is 0.0200. The van der Waals surface area contributed by atoms with Crippen LogP contribution in [0.2, 0.25) is 0 Å². The third kappa shape index (κ3) is 2.74. The van der Waals surface area contributed by atoms with E-state index in [4.69, 9.17) is 11.8 Å². The molecule has 10 heavy (non-hydrogen) atoms. The zero-order valence-corrected chi connectivity index (χ0v) is 8.07. The minimum absolute atomic E-state index is 0.0656. The first-order chi connectivity index (χ1) is 4.93. The summed E-state index contributed by atoms with van der Waals surface area (Å²) in [4.78, 5) is 0. The average Bonchev–Trinajstić information content (AvgIpc) is 2.03. The maximum atomic E-state index is 4.83. The van der Waals surface area contributed by atoms with Crippen molar-refractivity contribution in [2.24, 2.45) is 0 Å². The van der Waals surface area contributed by atoms with Gasteiger partial charge in [-0.1, -0.05) is 30.0 Å². The van der Waals surface area contributed by atoms with E-state index >= 15 is 0 Å². The van der Waals surface area contributed by atoms with Gasteiger partial charge < -0.3 is 4.72 Å². The zero-order chi connectivity index (χ0) is 7.23. The lowest BCUT2D eigenvalue weighted by Gasteiger charge is -1.98. The van der Waals surface area contributed by atoms with Crippen molar-refractivity contribution in [2.75, 3.05) is 4.72 Å². The molecule has 1 unspecified atom stereocenters. The van der Waals surface area contributed by atoms with Gasteiger partial charge in [0.1, 0.15) is 0 Å². The number of para-hydroxylation sites is 1. The Morgan fingerprint density at radius 3 is 2.60 bits per heavy atom. The summed E-state index contributed by atoms with van der Waals surface area (Å²) in [5, 5.41) is 0. The van der Waals surface area contributed by atoms with E-state index in [1.54, 1.807) is 11.6 Å². The second-order valence-electron chi connectivity index (χ2n) is 1.68. The molecule has 1 N–H and O–H groups in total. The number of hydrogen-bond acceptors (Lipinski definition) is 3. The maximum Gasteiger partial charge on any atom is 0.0443 e. The van der Waals surface area contributed by atoms with Crippen molar-refractivity contribution in [3.05, 3.63) is 30.3 Å². The summed E-state index contributed by atoms with van der Waals surface area (Å²) in [5.74, 6) is 0. The Kier molecular flexibility index (Phi) is 3.88. The summed E-state index contributed by atoms with van der Waals surface area (Å²) in [6, 6.07) is 10.1. The van der Waals surface area contributed by atoms with E-state index in [0.29, 0.717) is 0 Å². The van der Waals surface area contributed by atoms with Crippen LogP contribution in [0.15, 0.2) is 30.3 Å². The van der Waals surface area contributed by atoms with E-state index in [1.807, 2.05) is 30.3 Å². The molecule has 54 valence electrons. The summed E-state index contributed by atoms with van der Waals surface area (Å²) in [5.41, 5.74) is 1.13. The van der Waals surface area contributed by atoms with Gasteiger partial charge in [0, 0.05) is 12.2 Å². The topological polar surface area (TPSA) is 12.0 Å². The van der Waals surface area contributed by atoms with Crippen molar-refractivity contribution in [3.8, 4) is 0 Å². The van der Waals surface area contributed by atoms with Crippen LogP contribution >= 0.6 is 18.1 Å². The van der Waals surface area contributed by atoms with Crippen molar-refractivity contribution in [1.82, 2.24) is 0 Å². The van der Waals surface area contributed by atoms with E-state index in [1.165, 1.54) is 0 Å².